The number of carbonyl (C=O) groups is 2. The van der Waals surface area contributed by atoms with Gasteiger partial charge in [0.2, 0.25) is 0 Å². The lowest BCUT2D eigenvalue weighted by Crippen LogP contribution is -2.46. The quantitative estimate of drug-likeness (QED) is 0.588. The summed E-state index contributed by atoms with van der Waals surface area (Å²) in [4.78, 5) is 29.6. The van der Waals surface area contributed by atoms with Crippen LogP contribution in [0.2, 0.25) is 0 Å². The average molecular weight is 402 g/mol. The lowest BCUT2D eigenvalue weighted by Gasteiger charge is -2.30. The number of nitrogens with one attached hydrogen (secondary N) is 1. The number of amides is 1. The maximum Gasteiger partial charge on any atom is 0.357 e. The summed E-state index contributed by atoms with van der Waals surface area (Å²) in [5.74, 6) is -0.358. The molecule has 1 aliphatic rings. The summed E-state index contributed by atoms with van der Waals surface area (Å²) in [5, 5.41) is 3.73. The Kier molecular flexibility index (Phi) is 6.78. The van der Waals surface area contributed by atoms with Gasteiger partial charge in [-0.05, 0) is 44.1 Å². The lowest BCUT2D eigenvalue weighted by atomic mass is 9.86. The van der Waals surface area contributed by atoms with E-state index < -0.39 is 12.1 Å². The minimum atomic E-state index is -0.863. The van der Waals surface area contributed by atoms with Crippen LogP contribution in [0.25, 0.3) is 5.69 Å². The number of thioether (sulfide) groups is 1. The van der Waals surface area contributed by atoms with Crippen molar-refractivity contribution in [2.75, 3.05) is 6.26 Å². The van der Waals surface area contributed by atoms with Crippen LogP contribution in [0, 0.1) is 5.92 Å². The van der Waals surface area contributed by atoms with E-state index in [9.17, 15) is 9.59 Å². The van der Waals surface area contributed by atoms with Gasteiger partial charge in [0, 0.05) is 11.7 Å². The molecule has 0 radical (unpaired) electrons. The summed E-state index contributed by atoms with van der Waals surface area (Å²) in [6.45, 7) is 3.77. The van der Waals surface area contributed by atoms with Crippen molar-refractivity contribution in [1.29, 1.82) is 0 Å². The van der Waals surface area contributed by atoms with Crippen LogP contribution in [0.4, 0.5) is 0 Å². The van der Waals surface area contributed by atoms with Crippen molar-refractivity contribution >= 4 is 23.6 Å². The van der Waals surface area contributed by atoms with Crippen LogP contribution in [-0.2, 0) is 9.53 Å². The molecule has 1 heterocycles. The van der Waals surface area contributed by atoms with E-state index in [-0.39, 0.29) is 11.9 Å². The molecule has 7 heteroatoms. The van der Waals surface area contributed by atoms with Gasteiger partial charge in [-0.15, -0.1) is 0 Å². The molecule has 150 valence electrons. The fourth-order valence-corrected chi connectivity index (χ4v) is 4.10. The Morgan fingerprint density at radius 3 is 2.64 bits per heavy atom. The summed E-state index contributed by atoms with van der Waals surface area (Å²) in [7, 11) is 0. The summed E-state index contributed by atoms with van der Waals surface area (Å²) >= 11 is 1.44. The van der Waals surface area contributed by atoms with Crippen LogP contribution in [0.5, 0.6) is 0 Å². The highest BCUT2D eigenvalue weighted by atomic mass is 32.2. The van der Waals surface area contributed by atoms with Crippen molar-refractivity contribution in [2.45, 2.75) is 56.8 Å². The predicted molar refractivity (Wildman–Crippen MR) is 110 cm³/mol. The van der Waals surface area contributed by atoms with Crippen LogP contribution in [0.15, 0.2) is 41.7 Å². The normalized spacial score (nSPS) is 20.4. The molecule has 6 nitrogen and oxygen atoms in total. The van der Waals surface area contributed by atoms with Crippen LogP contribution in [0.3, 0.4) is 0 Å². The van der Waals surface area contributed by atoms with Gasteiger partial charge in [0.15, 0.2) is 17.0 Å². The van der Waals surface area contributed by atoms with E-state index in [0.717, 1.165) is 24.9 Å². The first-order valence-electron chi connectivity index (χ1n) is 9.69. The predicted octanol–water partition coefficient (Wildman–Crippen LogP) is 3.83. The van der Waals surface area contributed by atoms with Crippen LogP contribution in [-0.4, -0.2) is 39.8 Å². The van der Waals surface area contributed by atoms with E-state index in [1.54, 1.807) is 11.5 Å². The second kappa shape index (κ2) is 9.28. The van der Waals surface area contributed by atoms with Crippen LogP contribution >= 0.6 is 11.8 Å². The van der Waals surface area contributed by atoms with Crippen molar-refractivity contribution in [3.63, 3.8) is 0 Å². The van der Waals surface area contributed by atoms with E-state index in [2.05, 4.69) is 17.2 Å². The lowest BCUT2D eigenvalue weighted by molar-refractivity contribution is -0.130. The Hall–Kier alpha value is -2.28. The Labute approximate surface area is 170 Å². The highest BCUT2D eigenvalue weighted by Gasteiger charge is 2.28. The zero-order valence-corrected chi connectivity index (χ0v) is 17.4. The highest BCUT2D eigenvalue weighted by molar-refractivity contribution is 7.98. The molecule has 1 saturated carbocycles. The number of para-hydroxylation sites is 1. The summed E-state index contributed by atoms with van der Waals surface area (Å²) in [6.07, 6.45) is 6.96. The molecule has 2 aromatic rings. The topological polar surface area (TPSA) is 73.2 Å². The summed E-state index contributed by atoms with van der Waals surface area (Å²) < 4.78 is 7.22. The fraction of sp³-hybridized carbons (Fsp3) is 0.476. The third-order valence-corrected chi connectivity index (χ3v) is 5.88. The Bertz CT molecular complexity index is 822. The number of carbonyl (C=O) groups excluding carboxylic acids is 2. The number of imidazole rings is 1. The molecule has 1 aliphatic carbocycles. The monoisotopic (exact) mass is 401 g/mol. The van der Waals surface area contributed by atoms with Crippen LogP contribution in [0.1, 0.15) is 50.0 Å². The molecule has 0 unspecified atom stereocenters. The molecule has 3 atom stereocenters. The first kappa shape index (κ1) is 20.5. The highest BCUT2D eigenvalue weighted by Crippen LogP contribution is 2.24. The summed E-state index contributed by atoms with van der Waals surface area (Å²) in [6, 6.07) is 9.67. The largest absolute Gasteiger partial charge is 0.448 e. The van der Waals surface area contributed by atoms with Gasteiger partial charge in [0.1, 0.15) is 0 Å². The Balaban J connectivity index is 1.71. The molecule has 0 spiro atoms. The number of rotatable bonds is 6. The molecule has 1 aromatic carbocycles. The molecule has 1 aromatic heterocycles. The van der Waals surface area contributed by atoms with Crippen molar-refractivity contribution < 1.29 is 14.3 Å². The van der Waals surface area contributed by atoms with Crippen molar-refractivity contribution in [2.24, 2.45) is 5.92 Å². The molecule has 0 bridgehead atoms. The molecular formula is C21H27N3O3S. The SMILES string of the molecule is CSc1ncc(C(=O)O[C@H](C)C(=O)N[C@@H]2CCCC[C@@H]2C)n1-c1ccccc1. The number of nitrogens with zero attached hydrogens (tertiary/aromatic N) is 2. The Morgan fingerprint density at radius 2 is 1.96 bits per heavy atom. The number of hydrogen-bond donors (Lipinski definition) is 1. The number of ether oxygens (including phenoxy) is 1. The number of aromatic nitrogens is 2. The number of benzene rings is 1. The number of hydrogen-bond acceptors (Lipinski definition) is 5. The van der Waals surface area contributed by atoms with Crippen molar-refractivity contribution in [3.8, 4) is 5.69 Å². The van der Waals surface area contributed by atoms with Gasteiger partial charge >= 0.3 is 5.97 Å². The zero-order chi connectivity index (χ0) is 20.1. The Morgan fingerprint density at radius 1 is 1.25 bits per heavy atom. The molecular weight excluding hydrogens is 374 g/mol. The second-order valence-electron chi connectivity index (χ2n) is 7.23. The zero-order valence-electron chi connectivity index (χ0n) is 16.6. The van der Waals surface area contributed by atoms with E-state index in [4.69, 9.17) is 4.74 Å². The fourth-order valence-electron chi connectivity index (χ4n) is 3.55. The third kappa shape index (κ3) is 4.58. The minimum Gasteiger partial charge on any atom is -0.448 e. The van der Waals surface area contributed by atoms with Gasteiger partial charge in [-0.2, -0.15) is 0 Å². The van der Waals surface area contributed by atoms with Gasteiger partial charge in [0.25, 0.3) is 5.91 Å². The first-order chi connectivity index (χ1) is 13.5. The smallest absolute Gasteiger partial charge is 0.357 e. The first-order valence-corrected chi connectivity index (χ1v) is 10.9. The van der Waals surface area contributed by atoms with Crippen molar-refractivity contribution in [3.05, 3.63) is 42.2 Å². The van der Waals surface area contributed by atoms with Crippen LogP contribution < -0.4 is 5.32 Å². The van der Waals surface area contributed by atoms with E-state index in [1.807, 2.05) is 36.6 Å². The average Bonchev–Trinajstić information content (AvgIpc) is 3.14. The van der Waals surface area contributed by atoms with Gasteiger partial charge in [-0.3, -0.25) is 9.36 Å². The van der Waals surface area contributed by atoms with Gasteiger partial charge < -0.3 is 10.1 Å². The number of esters is 1. The van der Waals surface area contributed by atoms with Gasteiger partial charge in [-0.1, -0.05) is 49.7 Å². The van der Waals surface area contributed by atoms with E-state index >= 15 is 0 Å². The van der Waals surface area contributed by atoms with Crippen molar-refractivity contribution in [1.82, 2.24) is 14.9 Å². The van der Waals surface area contributed by atoms with Gasteiger partial charge in [0.05, 0.1) is 6.20 Å². The molecule has 1 N–H and O–H groups in total. The molecule has 1 amide bonds. The second-order valence-corrected chi connectivity index (χ2v) is 8.00. The van der Waals surface area contributed by atoms with E-state index in [0.29, 0.717) is 16.8 Å². The van der Waals surface area contributed by atoms with E-state index in [1.165, 1.54) is 24.4 Å². The third-order valence-electron chi connectivity index (χ3n) is 5.23. The minimum absolute atomic E-state index is 0.153. The maximum absolute atomic E-state index is 12.8. The standard InChI is InChI=1S/C21H27N3O3S/c1-14-9-7-8-12-17(14)23-19(25)15(2)27-20(26)18-13-22-21(28-3)24(18)16-10-5-4-6-11-16/h4-6,10-11,13-15,17H,7-9,12H2,1-3H3,(H,23,25)/t14-,15+,17+/m0/s1. The van der Waals surface area contributed by atoms with Gasteiger partial charge in [-0.25, -0.2) is 9.78 Å². The molecule has 0 aliphatic heterocycles. The molecule has 0 saturated heterocycles. The summed E-state index contributed by atoms with van der Waals surface area (Å²) in [5.41, 5.74) is 1.13. The maximum atomic E-state index is 12.8. The molecule has 28 heavy (non-hydrogen) atoms. The molecule has 1 fully saturated rings. The molecule has 3 rings (SSSR count).